The Morgan fingerprint density at radius 2 is 2.08 bits per heavy atom. The summed E-state index contributed by atoms with van der Waals surface area (Å²) in [6, 6.07) is 0.190. The van der Waals surface area contributed by atoms with Crippen LogP contribution in [0.1, 0.15) is 32.6 Å². The monoisotopic (exact) mass is 167 g/mol. The summed E-state index contributed by atoms with van der Waals surface area (Å²) in [5.74, 6) is 1.80. The number of hydrogen-bond donors (Lipinski definition) is 1. The highest BCUT2D eigenvalue weighted by molar-refractivity contribution is 5.82. The van der Waals surface area contributed by atoms with Gasteiger partial charge in [0.1, 0.15) is 5.78 Å². The van der Waals surface area contributed by atoms with Crippen LogP contribution in [0.25, 0.3) is 0 Å². The first-order valence-electron chi connectivity index (χ1n) is 5.03. The van der Waals surface area contributed by atoms with Gasteiger partial charge in [-0.3, -0.25) is 4.79 Å². The molecule has 1 heterocycles. The molecule has 12 heavy (non-hydrogen) atoms. The maximum atomic E-state index is 11.2. The van der Waals surface area contributed by atoms with Crippen molar-refractivity contribution in [2.24, 2.45) is 11.8 Å². The predicted octanol–water partition coefficient (Wildman–Crippen LogP) is 1.35. The third-order valence-corrected chi connectivity index (χ3v) is 3.43. The average molecular weight is 167 g/mol. The molecular formula is C10H17NO. The van der Waals surface area contributed by atoms with Gasteiger partial charge in [0.05, 0.1) is 6.04 Å². The molecule has 0 aromatic heterocycles. The SMILES string of the molecule is CC(=O)C1NCC2CCCCC21. The Morgan fingerprint density at radius 1 is 1.33 bits per heavy atom. The molecule has 2 nitrogen and oxygen atoms in total. The minimum absolute atomic E-state index is 0.190. The molecule has 2 heteroatoms. The number of nitrogens with one attached hydrogen (secondary N) is 1. The van der Waals surface area contributed by atoms with E-state index < -0.39 is 0 Å². The van der Waals surface area contributed by atoms with Crippen molar-refractivity contribution in [1.82, 2.24) is 5.32 Å². The van der Waals surface area contributed by atoms with Gasteiger partial charge >= 0.3 is 0 Å². The van der Waals surface area contributed by atoms with E-state index in [1.54, 1.807) is 6.92 Å². The van der Waals surface area contributed by atoms with E-state index in [0.29, 0.717) is 11.7 Å². The lowest BCUT2D eigenvalue weighted by Crippen LogP contribution is -2.34. The van der Waals surface area contributed by atoms with E-state index in [0.717, 1.165) is 12.5 Å². The second kappa shape index (κ2) is 3.17. The van der Waals surface area contributed by atoms with Crippen molar-refractivity contribution in [2.75, 3.05) is 6.54 Å². The molecule has 2 fully saturated rings. The van der Waals surface area contributed by atoms with E-state index in [9.17, 15) is 4.79 Å². The Hall–Kier alpha value is -0.370. The van der Waals surface area contributed by atoms with Gasteiger partial charge in [-0.15, -0.1) is 0 Å². The molecule has 1 aliphatic carbocycles. The number of carbonyl (C=O) groups excluding carboxylic acids is 1. The summed E-state index contributed by atoms with van der Waals surface area (Å²) in [5, 5.41) is 3.35. The highest BCUT2D eigenvalue weighted by atomic mass is 16.1. The zero-order valence-corrected chi connectivity index (χ0v) is 7.68. The molecular weight excluding hydrogens is 150 g/mol. The van der Waals surface area contributed by atoms with Gasteiger partial charge in [-0.05, 0) is 38.1 Å². The summed E-state index contributed by atoms with van der Waals surface area (Å²) in [5.41, 5.74) is 0. The standard InChI is InChI=1S/C10H17NO/c1-7(12)10-9-5-3-2-4-8(9)6-11-10/h8-11H,2-6H2,1H3. The van der Waals surface area contributed by atoms with Crippen LogP contribution in [0.5, 0.6) is 0 Å². The van der Waals surface area contributed by atoms with Gasteiger partial charge in [0.15, 0.2) is 0 Å². The summed E-state index contributed by atoms with van der Waals surface area (Å²) in [4.78, 5) is 11.2. The summed E-state index contributed by atoms with van der Waals surface area (Å²) in [7, 11) is 0. The second-order valence-corrected chi connectivity index (χ2v) is 4.20. The lowest BCUT2D eigenvalue weighted by Gasteiger charge is -2.26. The molecule has 0 bridgehead atoms. The molecule has 1 aliphatic heterocycles. The molecule has 2 aliphatic rings. The fourth-order valence-electron chi connectivity index (χ4n) is 2.80. The molecule has 3 unspecified atom stereocenters. The van der Waals surface area contributed by atoms with Crippen LogP contribution >= 0.6 is 0 Å². The van der Waals surface area contributed by atoms with E-state index in [1.807, 2.05) is 0 Å². The number of rotatable bonds is 1. The minimum atomic E-state index is 0.190. The first-order chi connectivity index (χ1) is 5.79. The fourth-order valence-corrected chi connectivity index (χ4v) is 2.80. The Labute approximate surface area is 73.7 Å². The Bertz CT molecular complexity index is 190. The Morgan fingerprint density at radius 3 is 2.83 bits per heavy atom. The summed E-state index contributed by atoms with van der Waals surface area (Å²) in [6.45, 7) is 2.80. The van der Waals surface area contributed by atoms with Crippen LogP contribution in [0.3, 0.4) is 0 Å². The topological polar surface area (TPSA) is 29.1 Å². The molecule has 2 rings (SSSR count). The van der Waals surface area contributed by atoms with Crippen molar-refractivity contribution >= 4 is 5.78 Å². The molecule has 0 radical (unpaired) electrons. The maximum Gasteiger partial charge on any atom is 0.146 e. The van der Waals surface area contributed by atoms with Crippen molar-refractivity contribution in [3.63, 3.8) is 0 Å². The largest absolute Gasteiger partial charge is 0.307 e. The van der Waals surface area contributed by atoms with Crippen molar-refractivity contribution < 1.29 is 4.79 Å². The van der Waals surface area contributed by atoms with E-state index in [1.165, 1.54) is 25.7 Å². The van der Waals surface area contributed by atoms with Gasteiger partial charge < -0.3 is 5.32 Å². The number of carbonyl (C=O) groups is 1. The molecule has 0 aromatic carbocycles. The summed E-state index contributed by atoms with van der Waals surface area (Å²) < 4.78 is 0. The first-order valence-corrected chi connectivity index (χ1v) is 5.03. The van der Waals surface area contributed by atoms with Crippen molar-refractivity contribution in [3.8, 4) is 0 Å². The van der Waals surface area contributed by atoms with E-state index >= 15 is 0 Å². The predicted molar refractivity (Wildman–Crippen MR) is 47.9 cm³/mol. The normalized spacial score (nSPS) is 40.9. The fraction of sp³-hybridized carbons (Fsp3) is 0.900. The van der Waals surface area contributed by atoms with Gasteiger partial charge in [-0.25, -0.2) is 0 Å². The van der Waals surface area contributed by atoms with Gasteiger partial charge in [-0.2, -0.15) is 0 Å². The van der Waals surface area contributed by atoms with Crippen LogP contribution < -0.4 is 5.32 Å². The van der Waals surface area contributed by atoms with E-state index in [2.05, 4.69) is 5.32 Å². The van der Waals surface area contributed by atoms with Crippen LogP contribution in [0.2, 0.25) is 0 Å². The molecule has 1 saturated carbocycles. The smallest absolute Gasteiger partial charge is 0.146 e. The quantitative estimate of drug-likeness (QED) is 0.638. The molecule has 0 amide bonds. The van der Waals surface area contributed by atoms with Crippen LogP contribution in [0.15, 0.2) is 0 Å². The van der Waals surface area contributed by atoms with Crippen LogP contribution in [-0.2, 0) is 4.79 Å². The van der Waals surface area contributed by atoms with Gasteiger partial charge in [0.25, 0.3) is 0 Å². The zero-order chi connectivity index (χ0) is 8.55. The van der Waals surface area contributed by atoms with Crippen molar-refractivity contribution in [1.29, 1.82) is 0 Å². The summed E-state index contributed by atoms with van der Waals surface area (Å²) in [6.07, 6.45) is 5.30. The minimum Gasteiger partial charge on any atom is -0.307 e. The second-order valence-electron chi connectivity index (χ2n) is 4.20. The number of ketones is 1. The third kappa shape index (κ3) is 1.28. The highest BCUT2D eigenvalue weighted by Crippen LogP contribution is 2.35. The Kier molecular flexibility index (Phi) is 2.18. The summed E-state index contributed by atoms with van der Waals surface area (Å²) >= 11 is 0. The molecule has 3 atom stereocenters. The lowest BCUT2D eigenvalue weighted by molar-refractivity contribution is -0.119. The molecule has 1 saturated heterocycles. The number of Topliss-reactive ketones (excluding diaryl/α,β-unsaturated/α-hetero) is 1. The van der Waals surface area contributed by atoms with Crippen LogP contribution in [-0.4, -0.2) is 18.4 Å². The maximum absolute atomic E-state index is 11.2. The number of hydrogen-bond acceptors (Lipinski definition) is 2. The molecule has 1 N–H and O–H groups in total. The highest BCUT2D eigenvalue weighted by Gasteiger charge is 2.38. The van der Waals surface area contributed by atoms with Crippen molar-refractivity contribution in [3.05, 3.63) is 0 Å². The Balaban J connectivity index is 2.05. The van der Waals surface area contributed by atoms with Crippen LogP contribution in [0, 0.1) is 11.8 Å². The van der Waals surface area contributed by atoms with Gasteiger partial charge in [-0.1, -0.05) is 12.8 Å². The molecule has 0 aromatic rings. The lowest BCUT2D eigenvalue weighted by atomic mass is 9.78. The van der Waals surface area contributed by atoms with Gasteiger partial charge in [0, 0.05) is 0 Å². The number of fused-ring (bicyclic) bond motifs is 1. The third-order valence-electron chi connectivity index (χ3n) is 3.43. The molecule has 0 spiro atoms. The van der Waals surface area contributed by atoms with Crippen LogP contribution in [0.4, 0.5) is 0 Å². The van der Waals surface area contributed by atoms with E-state index in [4.69, 9.17) is 0 Å². The van der Waals surface area contributed by atoms with E-state index in [-0.39, 0.29) is 6.04 Å². The molecule has 68 valence electrons. The van der Waals surface area contributed by atoms with Gasteiger partial charge in [0.2, 0.25) is 0 Å². The first kappa shape index (κ1) is 8.24. The zero-order valence-electron chi connectivity index (χ0n) is 7.68. The average Bonchev–Trinajstić information content (AvgIpc) is 2.47. The van der Waals surface area contributed by atoms with Crippen molar-refractivity contribution in [2.45, 2.75) is 38.6 Å².